The Kier molecular flexibility index (Phi) is 7.55. The fourth-order valence-corrected chi connectivity index (χ4v) is 2.97. The lowest BCUT2D eigenvalue weighted by Crippen LogP contribution is -2.19. The number of ether oxygens (including phenoxy) is 2. The highest BCUT2D eigenvalue weighted by atomic mass is 16.6. The highest BCUT2D eigenvalue weighted by Crippen LogP contribution is 2.28. The maximum Gasteiger partial charge on any atom is 0.271 e. The summed E-state index contributed by atoms with van der Waals surface area (Å²) >= 11 is 0. The molecule has 2 amide bonds. The lowest BCUT2D eigenvalue weighted by molar-refractivity contribution is -0.384. The topological polar surface area (TPSA) is 132 Å². The van der Waals surface area contributed by atoms with Gasteiger partial charge in [0.2, 0.25) is 0 Å². The zero-order valence-corrected chi connectivity index (χ0v) is 18.7. The molecule has 3 rings (SSSR count). The third-order valence-corrected chi connectivity index (χ3v) is 4.87. The van der Waals surface area contributed by atoms with Crippen molar-refractivity contribution >= 4 is 28.9 Å². The number of hydrazone groups is 1. The van der Waals surface area contributed by atoms with Gasteiger partial charge in [-0.15, -0.1) is 0 Å². The molecule has 0 fully saturated rings. The Labute approximate surface area is 195 Å². The van der Waals surface area contributed by atoms with Gasteiger partial charge in [0, 0.05) is 28.9 Å². The van der Waals surface area contributed by atoms with Crippen LogP contribution in [0.1, 0.15) is 33.2 Å². The first-order valence-corrected chi connectivity index (χ1v) is 10.0. The first-order valence-electron chi connectivity index (χ1n) is 10.0. The second kappa shape index (κ2) is 10.7. The summed E-state index contributed by atoms with van der Waals surface area (Å²) in [6, 6.07) is 17.0. The smallest absolute Gasteiger partial charge is 0.271 e. The molecule has 3 aromatic rings. The largest absolute Gasteiger partial charge is 0.493 e. The Morgan fingerprint density at radius 1 is 0.824 bits per heavy atom. The van der Waals surface area contributed by atoms with E-state index in [9.17, 15) is 19.7 Å². The number of carbonyl (C=O) groups excluding carboxylic acids is 2. The van der Waals surface area contributed by atoms with Gasteiger partial charge in [-0.25, -0.2) is 5.43 Å². The number of non-ortho nitro benzene ring substituents is 1. The number of hydrogen-bond acceptors (Lipinski definition) is 7. The molecule has 0 aliphatic rings. The second-order valence-electron chi connectivity index (χ2n) is 7.04. The van der Waals surface area contributed by atoms with Crippen LogP contribution in [-0.2, 0) is 0 Å². The maximum absolute atomic E-state index is 12.6. The van der Waals surface area contributed by atoms with Crippen molar-refractivity contribution in [1.82, 2.24) is 5.43 Å². The average Bonchev–Trinajstić information content (AvgIpc) is 2.87. The number of nitro groups is 1. The van der Waals surface area contributed by atoms with Crippen molar-refractivity contribution in [3.8, 4) is 11.5 Å². The van der Waals surface area contributed by atoms with Crippen LogP contribution < -0.4 is 20.2 Å². The van der Waals surface area contributed by atoms with Crippen molar-refractivity contribution < 1.29 is 24.0 Å². The van der Waals surface area contributed by atoms with Gasteiger partial charge in [-0.3, -0.25) is 19.7 Å². The summed E-state index contributed by atoms with van der Waals surface area (Å²) in [7, 11) is 3.02. The van der Waals surface area contributed by atoms with Crippen LogP contribution in [0.4, 0.5) is 11.4 Å². The molecule has 0 aliphatic carbocycles. The second-order valence-corrected chi connectivity index (χ2v) is 7.04. The van der Waals surface area contributed by atoms with E-state index in [1.165, 1.54) is 38.5 Å². The summed E-state index contributed by atoms with van der Waals surface area (Å²) in [4.78, 5) is 34.9. The molecule has 0 saturated carbocycles. The predicted octanol–water partition coefficient (Wildman–Crippen LogP) is 4.02. The third-order valence-electron chi connectivity index (χ3n) is 4.87. The molecule has 0 radical (unpaired) electrons. The molecule has 34 heavy (non-hydrogen) atoms. The highest BCUT2D eigenvalue weighted by Gasteiger charge is 2.12. The van der Waals surface area contributed by atoms with E-state index in [0.717, 1.165) is 5.56 Å². The van der Waals surface area contributed by atoms with E-state index in [2.05, 4.69) is 15.8 Å². The van der Waals surface area contributed by atoms with Gasteiger partial charge in [0.15, 0.2) is 11.5 Å². The number of methoxy groups -OCH3 is 2. The van der Waals surface area contributed by atoms with Crippen LogP contribution >= 0.6 is 0 Å². The lowest BCUT2D eigenvalue weighted by atomic mass is 10.1. The van der Waals surface area contributed by atoms with Gasteiger partial charge in [-0.2, -0.15) is 5.10 Å². The molecule has 0 spiro atoms. The maximum atomic E-state index is 12.6. The molecule has 10 nitrogen and oxygen atoms in total. The van der Waals surface area contributed by atoms with Crippen LogP contribution in [0.5, 0.6) is 11.5 Å². The summed E-state index contributed by atoms with van der Waals surface area (Å²) in [5.74, 6) is 0.175. The number of carbonyl (C=O) groups is 2. The molecule has 0 aliphatic heterocycles. The van der Waals surface area contributed by atoms with Gasteiger partial charge >= 0.3 is 0 Å². The summed E-state index contributed by atoms with van der Waals surface area (Å²) in [6.07, 6.45) is 0. The number of benzene rings is 3. The molecule has 2 N–H and O–H groups in total. The van der Waals surface area contributed by atoms with Gasteiger partial charge in [0.1, 0.15) is 0 Å². The highest BCUT2D eigenvalue weighted by molar-refractivity contribution is 6.05. The Hall–Kier alpha value is -4.73. The van der Waals surface area contributed by atoms with Crippen molar-refractivity contribution in [2.24, 2.45) is 5.10 Å². The van der Waals surface area contributed by atoms with Crippen LogP contribution in [0.2, 0.25) is 0 Å². The van der Waals surface area contributed by atoms with Crippen molar-refractivity contribution in [3.05, 3.63) is 93.5 Å². The van der Waals surface area contributed by atoms with Gasteiger partial charge in [0.05, 0.1) is 24.9 Å². The number of hydrogen-bond donors (Lipinski definition) is 2. The van der Waals surface area contributed by atoms with Crippen molar-refractivity contribution in [2.45, 2.75) is 6.92 Å². The zero-order chi connectivity index (χ0) is 24.7. The molecule has 10 heteroatoms. The normalized spacial score (nSPS) is 10.9. The van der Waals surface area contributed by atoms with Crippen molar-refractivity contribution in [1.29, 1.82) is 0 Å². The SMILES string of the molecule is COc1ccc(C(=O)Nc2ccc(/C(C)=N/NC(=O)c3ccc([N+](=O)[O-])cc3)cc2)cc1OC. The quantitative estimate of drug-likeness (QED) is 0.295. The van der Waals surface area contributed by atoms with Gasteiger partial charge < -0.3 is 14.8 Å². The standard InChI is InChI=1S/C24H22N4O6/c1-15(26-27-24(30)17-6-11-20(12-7-17)28(31)32)16-4-9-19(10-5-16)25-23(29)18-8-13-21(33-2)22(14-18)34-3/h4-14H,1-3H3,(H,25,29)(H,27,30)/b26-15+. The number of anilines is 1. The van der Waals surface area contributed by atoms with Crippen LogP contribution in [0, 0.1) is 10.1 Å². The van der Waals surface area contributed by atoms with E-state index in [1.54, 1.807) is 49.4 Å². The Morgan fingerprint density at radius 3 is 2.00 bits per heavy atom. The van der Waals surface area contributed by atoms with E-state index in [-0.39, 0.29) is 17.2 Å². The fourth-order valence-electron chi connectivity index (χ4n) is 2.97. The monoisotopic (exact) mass is 462 g/mol. The predicted molar refractivity (Wildman–Crippen MR) is 127 cm³/mol. The summed E-state index contributed by atoms with van der Waals surface area (Å²) < 4.78 is 10.4. The van der Waals surface area contributed by atoms with Gasteiger partial charge in [-0.05, 0) is 55.0 Å². The first kappa shape index (κ1) is 23.9. The summed E-state index contributed by atoms with van der Waals surface area (Å²) in [6.45, 7) is 1.72. The van der Waals surface area contributed by atoms with E-state index in [0.29, 0.717) is 28.5 Å². The van der Waals surface area contributed by atoms with E-state index < -0.39 is 10.8 Å². The molecular formula is C24H22N4O6. The molecule has 3 aromatic carbocycles. The minimum absolute atomic E-state index is 0.102. The lowest BCUT2D eigenvalue weighted by Gasteiger charge is -2.10. The Balaban J connectivity index is 1.63. The number of rotatable bonds is 8. The molecular weight excluding hydrogens is 440 g/mol. The Morgan fingerprint density at radius 2 is 1.41 bits per heavy atom. The van der Waals surface area contributed by atoms with Gasteiger partial charge in [0.25, 0.3) is 17.5 Å². The number of amides is 2. The molecule has 174 valence electrons. The van der Waals surface area contributed by atoms with Crippen molar-refractivity contribution in [2.75, 3.05) is 19.5 Å². The molecule has 0 heterocycles. The fraction of sp³-hybridized carbons (Fsp3) is 0.125. The zero-order valence-electron chi connectivity index (χ0n) is 18.7. The molecule has 0 unspecified atom stereocenters. The number of nitrogens with one attached hydrogen (secondary N) is 2. The molecule has 0 bridgehead atoms. The van der Waals surface area contributed by atoms with Crippen LogP contribution in [-0.4, -0.2) is 36.7 Å². The number of nitrogens with zero attached hydrogens (tertiary/aromatic N) is 2. The first-order chi connectivity index (χ1) is 16.3. The minimum Gasteiger partial charge on any atom is -0.493 e. The third kappa shape index (κ3) is 5.74. The van der Waals surface area contributed by atoms with Gasteiger partial charge in [-0.1, -0.05) is 12.1 Å². The molecule has 0 aromatic heterocycles. The summed E-state index contributed by atoms with van der Waals surface area (Å²) in [5, 5.41) is 17.6. The number of nitro benzene ring substituents is 1. The summed E-state index contributed by atoms with van der Waals surface area (Å²) in [5.41, 5.74) is 4.82. The Bertz CT molecular complexity index is 1240. The van der Waals surface area contributed by atoms with Crippen LogP contribution in [0.15, 0.2) is 71.8 Å². The minimum atomic E-state index is -0.538. The van der Waals surface area contributed by atoms with Crippen LogP contribution in [0.3, 0.4) is 0 Å². The molecule has 0 atom stereocenters. The van der Waals surface area contributed by atoms with Crippen LogP contribution in [0.25, 0.3) is 0 Å². The van der Waals surface area contributed by atoms with E-state index in [1.807, 2.05) is 0 Å². The molecule has 0 saturated heterocycles. The van der Waals surface area contributed by atoms with E-state index in [4.69, 9.17) is 9.47 Å². The average molecular weight is 462 g/mol. The van der Waals surface area contributed by atoms with Crippen molar-refractivity contribution in [3.63, 3.8) is 0 Å². The van der Waals surface area contributed by atoms with E-state index >= 15 is 0 Å².